The van der Waals surface area contributed by atoms with Gasteiger partial charge in [0.05, 0.1) is 12.1 Å². The quantitative estimate of drug-likeness (QED) is 0.652. The third-order valence-corrected chi connectivity index (χ3v) is 7.22. The summed E-state index contributed by atoms with van der Waals surface area (Å²) in [5.41, 5.74) is 1.30. The number of benzene rings is 1. The predicted molar refractivity (Wildman–Crippen MR) is 121 cm³/mol. The SMILES string of the molecule is O=C(OC[C@H]1CCCO1)c1cc2cc(NC(=O)[C@H]3NCC[C@H]3C3CCCCC3)ccc2o1. The molecule has 1 aliphatic carbocycles. The Kier molecular flexibility index (Phi) is 6.46. The molecular formula is C25H32N2O5. The van der Waals surface area contributed by atoms with Crippen LogP contribution in [-0.2, 0) is 14.3 Å². The third-order valence-electron chi connectivity index (χ3n) is 7.22. The molecule has 3 atom stereocenters. The Hall–Kier alpha value is -2.38. The van der Waals surface area contributed by atoms with Crippen molar-refractivity contribution in [2.45, 2.75) is 63.5 Å². The van der Waals surface area contributed by atoms with Gasteiger partial charge in [-0.05, 0) is 61.9 Å². The molecule has 1 aromatic carbocycles. The van der Waals surface area contributed by atoms with Crippen LogP contribution in [0.3, 0.4) is 0 Å². The molecule has 2 aromatic rings. The van der Waals surface area contributed by atoms with Gasteiger partial charge in [0.25, 0.3) is 0 Å². The zero-order valence-electron chi connectivity index (χ0n) is 18.4. The van der Waals surface area contributed by atoms with Gasteiger partial charge in [0.15, 0.2) is 0 Å². The molecule has 0 spiro atoms. The van der Waals surface area contributed by atoms with Crippen molar-refractivity contribution in [2.75, 3.05) is 25.1 Å². The first-order chi connectivity index (χ1) is 15.7. The van der Waals surface area contributed by atoms with Gasteiger partial charge in [0.2, 0.25) is 11.7 Å². The number of furan rings is 1. The predicted octanol–water partition coefficient (Wildman–Crippen LogP) is 4.27. The van der Waals surface area contributed by atoms with Gasteiger partial charge in [-0.15, -0.1) is 0 Å². The Morgan fingerprint density at radius 1 is 1.06 bits per heavy atom. The molecule has 5 rings (SSSR count). The number of carbonyl (C=O) groups is 2. The van der Waals surface area contributed by atoms with E-state index in [1.807, 2.05) is 12.1 Å². The maximum absolute atomic E-state index is 13.0. The number of fused-ring (bicyclic) bond motifs is 1. The number of hydrogen-bond donors (Lipinski definition) is 2. The smallest absolute Gasteiger partial charge is 0.374 e. The molecule has 172 valence electrons. The minimum Gasteiger partial charge on any atom is -0.457 e. The van der Waals surface area contributed by atoms with Crippen LogP contribution in [-0.4, -0.2) is 43.8 Å². The topological polar surface area (TPSA) is 89.8 Å². The van der Waals surface area contributed by atoms with Crippen LogP contribution in [0.1, 0.15) is 61.9 Å². The number of amides is 1. The van der Waals surface area contributed by atoms with E-state index >= 15 is 0 Å². The van der Waals surface area contributed by atoms with Crippen molar-refractivity contribution in [1.82, 2.24) is 5.32 Å². The van der Waals surface area contributed by atoms with Crippen LogP contribution in [0.2, 0.25) is 0 Å². The molecule has 32 heavy (non-hydrogen) atoms. The first kappa shape index (κ1) is 21.5. The molecule has 1 aromatic heterocycles. The Morgan fingerprint density at radius 2 is 1.94 bits per heavy atom. The highest BCUT2D eigenvalue weighted by Gasteiger charge is 2.38. The van der Waals surface area contributed by atoms with Gasteiger partial charge < -0.3 is 24.5 Å². The lowest BCUT2D eigenvalue weighted by Gasteiger charge is -2.30. The van der Waals surface area contributed by atoms with E-state index < -0.39 is 5.97 Å². The van der Waals surface area contributed by atoms with Gasteiger partial charge in [-0.1, -0.05) is 32.1 Å². The van der Waals surface area contributed by atoms with Gasteiger partial charge in [0, 0.05) is 17.7 Å². The zero-order chi connectivity index (χ0) is 21.9. The van der Waals surface area contributed by atoms with Crippen LogP contribution in [0.25, 0.3) is 11.0 Å². The molecule has 2 saturated heterocycles. The summed E-state index contributed by atoms with van der Waals surface area (Å²) in [5, 5.41) is 7.24. The van der Waals surface area contributed by atoms with Gasteiger partial charge in [-0.2, -0.15) is 0 Å². The van der Waals surface area contributed by atoms with Crippen molar-refractivity contribution < 1.29 is 23.5 Å². The minimum atomic E-state index is -0.493. The fraction of sp³-hybridized carbons (Fsp3) is 0.600. The van der Waals surface area contributed by atoms with E-state index in [1.54, 1.807) is 12.1 Å². The number of anilines is 1. The molecule has 0 bridgehead atoms. The zero-order valence-corrected chi connectivity index (χ0v) is 18.4. The molecule has 3 aliphatic rings. The number of ether oxygens (including phenoxy) is 2. The average molecular weight is 441 g/mol. The van der Waals surface area contributed by atoms with Gasteiger partial charge in [-0.25, -0.2) is 4.79 Å². The molecule has 7 heteroatoms. The molecular weight excluding hydrogens is 408 g/mol. The molecule has 0 radical (unpaired) electrons. The lowest BCUT2D eigenvalue weighted by molar-refractivity contribution is -0.119. The number of hydrogen-bond acceptors (Lipinski definition) is 6. The number of nitrogens with one attached hydrogen (secondary N) is 2. The van der Waals surface area contributed by atoms with E-state index in [1.165, 1.54) is 32.1 Å². The van der Waals surface area contributed by atoms with Gasteiger partial charge in [0.1, 0.15) is 12.2 Å². The Bertz CT molecular complexity index is 958. The third kappa shape index (κ3) is 4.69. The van der Waals surface area contributed by atoms with E-state index in [2.05, 4.69) is 10.6 Å². The lowest BCUT2D eigenvalue weighted by Crippen LogP contribution is -2.42. The second-order valence-electron chi connectivity index (χ2n) is 9.37. The molecule has 1 saturated carbocycles. The van der Waals surface area contributed by atoms with Crippen molar-refractivity contribution in [3.8, 4) is 0 Å². The number of rotatable bonds is 6. The first-order valence-corrected chi connectivity index (χ1v) is 12.0. The van der Waals surface area contributed by atoms with Crippen molar-refractivity contribution in [3.63, 3.8) is 0 Å². The van der Waals surface area contributed by atoms with Gasteiger partial charge in [-0.3, -0.25) is 4.79 Å². The highest BCUT2D eigenvalue weighted by atomic mass is 16.6. The van der Waals surface area contributed by atoms with Crippen molar-refractivity contribution in [2.24, 2.45) is 11.8 Å². The van der Waals surface area contributed by atoms with Gasteiger partial charge >= 0.3 is 5.97 Å². The second kappa shape index (κ2) is 9.63. The molecule has 0 unspecified atom stereocenters. The summed E-state index contributed by atoms with van der Waals surface area (Å²) in [6.45, 7) is 1.87. The summed E-state index contributed by atoms with van der Waals surface area (Å²) < 4.78 is 16.5. The van der Waals surface area contributed by atoms with Crippen LogP contribution in [0.5, 0.6) is 0 Å². The standard InChI is InChI=1S/C25H32N2O5/c28-24(23-20(10-11-26-23)16-5-2-1-3-6-16)27-18-8-9-21-17(13-18)14-22(32-21)25(29)31-15-19-7-4-12-30-19/h8-9,13-14,16,19-20,23,26H,1-7,10-12,15H2,(H,27,28)/t19-,20+,23+/m1/s1. The van der Waals surface area contributed by atoms with Crippen LogP contribution < -0.4 is 10.6 Å². The monoisotopic (exact) mass is 440 g/mol. The van der Waals surface area contributed by atoms with E-state index in [9.17, 15) is 9.59 Å². The fourth-order valence-electron chi connectivity index (χ4n) is 5.54. The Balaban J connectivity index is 1.22. The summed E-state index contributed by atoms with van der Waals surface area (Å²) in [4.78, 5) is 25.4. The summed E-state index contributed by atoms with van der Waals surface area (Å²) >= 11 is 0. The summed E-state index contributed by atoms with van der Waals surface area (Å²) in [7, 11) is 0. The summed E-state index contributed by atoms with van der Waals surface area (Å²) in [6, 6.07) is 6.97. The van der Waals surface area contributed by atoms with Crippen molar-refractivity contribution >= 4 is 28.5 Å². The highest BCUT2D eigenvalue weighted by molar-refractivity contribution is 5.98. The van der Waals surface area contributed by atoms with Crippen LogP contribution >= 0.6 is 0 Å². The van der Waals surface area contributed by atoms with E-state index in [4.69, 9.17) is 13.9 Å². The Labute approximate surface area is 188 Å². The van der Waals surface area contributed by atoms with Crippen molar-refractivity contribution in [3.05, 3.63) is 30.0 Å². The Morgan fingerprint density at radius 3 is 2.75 bits per heavy atom. The van der Waals surface area contributed by atoms with Crippen LogP contribution in [0, 0.1) is 11.8 Å². The average Bonchev–Trinajstić information content (AvgIpc) is 3.58. The highest BCUT2D eigenvalue weighted by Crippen LogP contribution is 2.36. The molecule has 2 N–H and O–H groups in total. The number of esters is 1. The molecule has 3 heterocycles. The number of carbonyl (C=O) groups excluding carboxylic acids is 2. The maximum atomic E-state index is 13.0. The van der Waals surface area contributed by atoms with Crippen LogP contribution in [0.4, 0.5) is 5.69 Å². The van der Waals surface area contributed by atoms with Crippen molar-refractivity contribution in [1.29, 1.82) is 0 Å². The normalized spacial score (nSPS) is 26.4. The first-order valence-electron chi connectivity index (χ1n) is 12.0. The lowest BCUT2D eigenvalue weighted by atomic mass is 9.76. The summed E-state index contributed by atoms with van der Waals surface area (Å²) in [5.74, 6) is 0.758. The summed E-state index contributed by atoms with van der Waals surface area (Å²) in [6.07, 6.45) is 9.32. The molecule has 1 amide bonds. The minimum absolute atomic E-state index is 0.0215. The molecule has 2 aliphatic heterocycles. The van der Waals surface area contributed by atoms with E-state index in [0.717, 1.165) is 37.8 Å². The molecule has 3 fully saturated rings. The molecule has 7 nitrogen and oxygen atoms in total. The van der Waals surface area contributed by atoms with E-state index in [0.29, 0.717) is 23.1 Å². The fourth-order valence-corrected chi connectivity index (χ4v) is 5.54. The largest absolute Gasteiger partial charge is 0.457 e. The second-order valence-corrected chi connectivity index (χ2v) is 9.37. The maximum Gasteiger partial charge on any atom is 0.374 e. The van der Waals surface area contributed by atoms with E-state index in [-0.39, 0.29) is 30.4 Å². The van der Waals surface area contributed by atoms with Crippen LogP contribution in [0.15, 0.2) is 28.7 Å².